The van der Waals surface area contributed by atoms with Crippen LogP contribution < -0.4 is 10.6 Å². The van der Waals surface area contributed by atoms with Crippen molar-refractivity contribution in [3.05, 3.63) is 24.3 Å². The van der Waals surface area contributed by atoms with Crippen LogP contribution in [0.15, 0.2) is 24.3 Å². The van der Waals surface area contributed by atoms with Gasteiger partial charge in [-0.1, -0.05) is 24.3 Å². The van der Waals surface area contributed by atoms with Gasteiger partial charge in [-0.25, -0.2) is 9.59 Å². The van der Waals surface area contributed by atoms with Gasteiger partial charge < -0.3 is 40.2 Å². The lowest BCUT2D eigenvalue weighted by Gasteiger charge is -2.54. The third kappa shape index (κ3) is 3.74. The van der Waals surface area contributed by atoms with Gasteiger partial charge in [0.1, 0.15) is 0 Å². The first-order valence-electron chi connectivity index (χ1n) is 15.0. The Kier molecular flexibility index (Phi) is 7.07. The molecule has 6 aliphatic rings. The highest BCUT2D eigenvalue weighted by molar-refractivity contribution is 6.02. The number of nitrogens with one attached hydrogen (secondary N) is 2. The molecule has 230 valence electrons. The molecule has 0 aromatic carbocycles. The van der Waals surface area contributed by atoms with Crippen LogP contribution in [0.5, 0.6) is 0 Å². The molecule has 11 atom stereocenters. The van der Waals surface area contributed by atoms with Crippen LogP contribution in [0.25, 0.3) is 0 Å². The molecule has 42 heavy (non-hydrogen) atoms. The van der Waals surface area contributed by atoms with E-state index in [2.05, 4.69) is 10.6 Å². The molecule has 1 unspecified atom stereocenters. The summed E-state index contributed by atoms with van der Waals surface area (Å²) < 4.78 is 17.1. The Morgan fingerprint density at radius 3 is 2.02 bits per heavy atom. The van der Waals surface area contributed by atoms with Gasteiger partial charge in [-0.3, -0.25) is 9.59 Å². The number of ether oxygens (including phenoxy) is 3. The van der Waals surface area contributed by atoms with E-state index in [0.717, 1.165) is 19.3 Å². The van der Waals surface area contributed by atoms with Crippen LogP contribution in [0, 0.1) is 23.7 Å². The van der Waals surface area contributed by atoms with Crippen molar-refractivity contribution in [2.24, 2.45) is 23.7 Å². The Hall–Kier alpha value is -2.80. The van der Waals surface area contributed by atoms with Crippen molar-refractivity contribution in [1.29, 1.82) is 0 Å². The Morgan fingerprint density at radius 2 is 1.48 bits per heavy atom. The molecule has 2 aliphatic carbocycles. The van der Waals surface area contributed by atoms with Crippen molar-refractivity contribution in [3.8, 4) is 0 Å². The van der Waals surface area contributed by atoms with E-state index in [1.807, 2.05) is 24.3 Å². The van der Waals surface area contributed by atoms with E-state index in [9.17, 15) is 34.5 Å². The van der Waals surface area contributed by atoms with Gasteiger partial charge in [0.05, 0.1) is 30.1 Å². The van der Waals surface area contributed by atoms with Crippen molar-refractivity contribution in [1.82, 2.24) is 10.6 Å². The lowest BCUT2D eigenvalue weighted by Crippen LogP contribution is -2.80. The summed E-state index contributed by atoms with van der Waals surface area (Å²) in [5, 5.41) is 37.6. The maximum Gasteiger partial charge on any atom is 0.339 e. The molecule has 12 heteroatoms. The SMILES string of the molecule is C[C@@]12OC(=O)[C@]1([C@H](O)[C@@H]1C=CCC(OCC[C@H]3C(=O)N[C@@]4([C@@H](O)[C@@H]5C=CCCC5)C(=O)O[C@@]34C)C1)NC(=O)[C@@H]2CCO. The van der Waals surface area contributed by atoms with E-state index in [1.165, 1.54) is 0 Å². The van der Waals surface area contributed by atoms with Gasteiger partial charge in [0, 0.05) is 25.0 Å². The average Bonchev–Trinajstić information content (AvgIpc) is 3.26. The monoisotopic (exact) mass is 588 g/mol. The molecular weight excluding hydrogens is 548 g/mol. The Balaban J connectivity index is 1.09. The van der Waals surface area contributed by atoms with Crippen LogP contribution in [-0.2, 0) is 33.4 Å². The minimum absolute atomic E-state index is 0.106. The van der Waals surface area contributed by atoms with Crippen LogP contribution in [0.3, 0.4) is 0 Å². The average molecular weight is 589 g/mol. The van der Waals surface area contributed by atoms with Crippen LogP contribution in [-0.4, -0.2) is 92.9 Å². The van der Waals surface area contributed by atoms with Crippen molar-refractivity contribution >= 4 is 23.8 Å². The lowest BCUT2D eigenvalue weighted by molar-refractivity contribution is -0.239. The summed E-state index contributed by atoms with van der Waals surface area (Å²) in [6.07, 6.45) is 8.68. The molecule has 4 fully saturated rings. The quantitative estimate of drug-likeness (QED) is 0.169. The molecule has 12 nitrogen and oxygen atoms in total. The highest BCUT2D eigenvalue weighted by atomic mass is 16.6. The molecule has 0 saturated carbocycles. The lowest BCUT2D eigenvalue weighted by atomic mass is 9.64. The second-order valence-electron chi connectivity index (χ2n) is 13.0. The normalized spacial score (nSPS) is 45.0. The Morgan fingerprint density at radius 1 is 0.905 bits per heavy atom. The molecule has 2 amide bonds. The number of aliphatic hydroxyl groups is 3. The summed E-state index contributed by atoms with van der Waals surface area (Å²) in [6.45, 7) is 3.21. The van der Waals surface area contributed by atoms with E-state index in [-0.39, 0.29) is 44.0 Å². The summed E-state index contributed by atoms with van der Waals surface area (Å²) in [6, 6.07) is 0. The number of aliphatic hydroxyl groups excluding tert-OH is 3. The molecule has 4 saturated heterocycles. The highest BCUT2D eigenvalue weighted by Crippen LogP contribution is 2.55. The first-order valence-corrected chi connectivity index (χ1v) is 15.0. The third-order valence-electron chi connectivity index (χ3n) is 10.9. The Labute approximate surface area is 243 Å². The van der Waals surface area contributed by atoms with E-state index in [1.54, 1.807) is 13.8 Å². The summed E-state index contributed by atoms with van der Waals surface area (Å²) in [5.74, 6) is -4.38. The topological polar surface area (TPSA) is 181 Å². The predicted molar refractivity (Wildman–Crippen MR) is 144 cm³/mol. The fourth-order valence-electron chi connectivity index (χ4n) is 8.39. The molecule has 6 rings (SSSR count). The number of rotatable bonds is 10. The minimum Gasteiger partial charge on any atom is -0.453 e. The summed E-state index contributed by atoms with van der Waals surface area (Å²) in [7, 11) is 0. The molecule has 4 aliphatic heterocycles. The number of fused-ring (bicyclic) bond motifs is 2. The minimum atomic E-state index is -1.61. The molecular formula is C30H40N2O10. The van der Waals surface area contributed by atoms with Crippen LogP contribution in [0.2, 0.25) is 0 Å². The van der Waals surface area contributed by atoms with E-state index < -0.39 is 70.1 Å². The number of hydrogen-bond donors (Lipinski definition) is 5. The first-order chi connectivity index (χ1) is 20.0. The largest absolute Gasteiger partial charge is 0.453 e. The third-order valence-corrected chi connectivity index (χ3v) is 10.9. The summed E-state index contributed by atoms with van der Waals surface area (Å²) in [5.41, 5.74) is -5.59. The number of hydrogen-bond acceptors (Lipinski definition) is 10. The molecule has 0 aromatic rings. The molecule has 4 heterocycles. The van der Waals surface area contributed by atoms with Gasteiger partial charge in [-0.15, -0.1) is 0 Å². The maximum atomic E-state index is 13.1. The van der Waals surface area contributed by atoms with Gasteiger partial charge >= 0.3 is 11.9 Å². The second kappa shape index (κ2) is 10.1. The van der Waals surface area contributed by atoms with Gasteiger partial charge in [0.2, 0.25) is 22.9 Å². The standard InChI is InChI=1S/C30H40N2O10/c1-27-19(11-13-33)23(36)31-30(27,26(39)41-27)22(35)17-9-6-10-18(15-17)40-14-12-20-24(37)32-29(25(38)42-28(20,29)2)21(34)16-7-4-3-5-8-16/h4,6-7,9,16-22,33-35H,3,5,8,10-15H2,1-2H3,(H,31,36)(H,32,37)/t16-,17-,18?,19+,20+,21+,22-,27+,28+,29+,30+/m1/s1. The second-order valence-corrected chi connectivity index (χ2v) is 13.0. The van der Waals surface area contributed by atoms with E-state index >= 15 is 0 Å². The van der Waals surface area contributed by atoms with Gasteiger partial charge in [0.15, 0.2) is 11.2 Å². The fourth-order valence-corrected chi connectivity index (χ4v) is 8.39. The number of carbonyl (C=O) groups is 4. The zero-order valence-electron chi connectivity index (χ0n) is 23.9. The number of allylic oxidation sites excluding steroid dienone is 1. The first kappa shape index (κ1) is 29.3. The van der Waals surface area contributed by atoms with Gasteiger partial charge in [0.25, 0.3) is 0 Å². The van der Waals surface area contributed by atoms with E-state index in [4.69, 9.17) is 14.2 Å². The fraction of sp³-hybridized carbons (Fsp3) is 0.733. The molecule has 0 radical (unpaired) electrons. The van der Waals surface area contributed by atoms with Crippen molar-refractivity contribution in [2.75, 3.05) is 13.2 Å². The molecule has 5 N–H and O–H groups in total. The van der Waals surface area contributed by atoms with Crippen molar-refractivity contribution in [2.45, 2.75) is 99.4 Å². The molecule has 0 spiro atoms. The van der Waals surface area contributed by atoms with Crippen LogP contribution in [0.1, 0.15) is 58.8 Å². The van der Waals surface area contributed by atoms with Crippen LogP contribution in [0.4, 0.5) is 0 Å². The summed E-state index contributed by atoms with van der Waals surface area (Å²) >= 11 is 0. The van der Waals surface area contributed by atoms with Crippen molar-refractivity contribution < 1.29 is 48.7 Å². The number of carbonyl (C=O) groups excluding carboxylic acids is 4. The Bertz CT molecular complexity index is 1240. The molecule has 0 bridgehead atoms. The molecule has 0 aromatic heterocycles. The smallest absolute Gasteiger partial charge is 0.339 e. The van der Waals surface area contributed by atoms with Gasteiger partial charge in [-0.05, 0) is 58.8 Å². The van der Waals surface area contributed by atoms with E-state index in [0.29, 0.717) is 12.8 Å². The van der Waals surface area contributed by atoms with Gasteiger partial charge in [-0.2, -0.15) is 0 Å². The van der Waals surface area contributed by atoms with Crippen LogP contribution >= 0.6 is 0 Å². The van der Waals surface area contributed by atoms with Crippen molar-refractivity contribution in [3.63, 3.8) is 0 Å². The predicted octanol–water partition coefficient (Wildman–Crippen LogP) is -0.211. The zero-order chi connectivity index (χ0) is 30.1. The number of esters is 2. The maximum absolute atomic E-state index is 13.1. The zero-order valence-corrected chi connectivity index (χ0v) is 23.9. The number of amides is 2. The summed E-state index contributed by atoms with van der Waals surface area (Å²) in [4.78, 5) is 51.3. The highest BCUT2D eigenvalue weighted by Gasteiger charge is 2.80.